The van der Waals surface area contributed by atoms with E-state index in [1.807, 2.05) is 0 Å². The predicted molar refractivity (Wildman–Crippen MR) is 85.2 cm³/mol. The van der Waals surface area contributed by atoms with Crippen LogP contribution < -0.4 is 0 Å². The summed E-state index contributed by atoms with van der Waals surface area (Å²) in [5.74, 6) is 1.61. The molecule has 2 rings (SSSR count). The Bertz CT molecular complexity index is 429. The Morgan fingerprint density at radius 1 is 1.36 bits per heavy atom. The summed E-state index contributed by atoms with van der Waals surface area (Å²) >= 11 is 0. The number of hydrogen-bond acceptors (Lipinski definition) is 4. The number of hydrogen-bond donors (Lipinski definition) is 3. The molecular weight excluding hydrogens is 280 g/mol. The van der Waals surface area contributed by atoms with Gasteiger partial charge in [-0.15, -0.1) is 0 Å². The first-order valence-electron chi connectivity index (χ1n) is 8.40. The molecule has 1 unspecified atom stereocenters. The summed E-state index contributed by atoms with van der Waals surface area (Å²) in [6, 6.07) is 0. The van der Waals surface area contributed by atoms with Crippen LogP contribution in [0.25, 0.3) is 0 Å². The summed E-state index contributed by atoms with van der Waals surface area (Å²) in [5, 5.41) is 28.9. The first-order chi connectivity index (χ1) is 10.5. The molecule has 0 fully saturated rings. The summed E-state index contributed by atoms with van der Waals surface area (Å²) in [7, 11) is 0. The van der Waals surface area contributed by atoms with E-state index in [0.29, 0.717) is 30.5 Å². The van der Waals surface area contributed by atoms with Gasteiger partial charge in [0.1, 0.15) is 6.10 Å². The number of aliphatic hydroxyl groups is 3. The van der Waals surface area contributed by atoms with Gasteiger partial charge in [0.25, 0.3) is 0 Å². The molecule has 124 valence electrons. The van der Waals surface area contributed by atoms with Gasteiger partial charge in [0, 0.05) is 6.42 Å². The molecule has 3 N–H and O–H groups in total. The SMILES string of the molecule is C[C@H]1C=CC2=CCCC[C@@H]2[C@H]1CC[C@@H](O)C[C@@H](O)C(O)C=O. The van der Waals surface area contributed by atoms with Crippen LogP contribution in [0.4, 0.5) is 0 Å². The fraction of sp³-hybridized carbons (Fsp3) is 0.722. The van der Waals surface area contributed by atoms with Gasteiger partial charge in [-0.25, -0.2) is 0 Å². The van der Waals surface area contributed by atoms with Gasteiger partial charge in [-0.05, 0) is 55.4 Å². The van der Waals surface area contributed by atoms with Crippen molar-refractivity contribution in [3.63, 3.8) is 0 Å². The number of rotatable bonds is 7. The smallest absolute Gasteiger partial charge is 0.151 e. The molecule has 0 heterocycles. The molecule has 0 radical (unpaired) electrons. The van der Waals surface area contributed by atoms with Crippen LogP contribution in [0.15, 0.2) is 23.8 Å². The van der Waals surface area contributed by atoms with Gasteiger partial charge in [0.2, 0.25) is 0 Å². The number of fused-ring (bicyclic) bond motifs is 1. The molecule has 6 atom stereocenters. The van der Waals surface area contributed by atoms with Crippen molar-refractivity contribution in [3.05, 3.63) is 23.8 Å². The van der Waals surface area contributed by atoms with E-state index >= 15 is 0 Å². The topological polar surface area (TPSA) is 77.8 Å². The van der Waals surface area contributed by atoms with Crippen molar-refractivity contribution in [1.82, 2.24) is 0 Å². The molecule has 2 aliphatic carbocycles. The van der Waals surface area contributed by atoms with Crippen LogP contribution in [0, 0.1) is 17.8 Å². The van der Waals surface area contributed by atoms with E-state index in [1.54, 1.807) is 0 Å². The Labute approximate surface area is 132 Å². The normalized spacial score (nSPS) is 31.8. The minimum atomic E-state index is -1.40. The third-order valence-electron chi connectivity index (χ3n) is 5.19. The monoisotopic (exact) mass is 308 g/mol. The quantitative estimate of drug-likeness (QED) is 0.629. The van der Waals surface area contributed by atoms with Gasteiger partial charge in [-0.3, -0.25) is 0 Å². The molecule has 0 amide bonds. The Morgan fingerprint density at radius 2 is 2.14 bits per heavy atom. The summed E-state index contributed by atoms with van der Waals surface area (Å²) < 4.78 is 0. The molecule has 0 bridgehead atoms. The van der Waals surface area contributed by atoms with E-state index in [-0.39, 0.29) is 6.42 Å². The minimum Gasteiger partial charge on any atom is -0.393 e. The zero-order valence-electron chi connectivity index (χ0n) is 13.3. The van der Waals surface area contributed by atoms with Crippen molar-refractivity contribution >= 4 is 6.29 Å². The Morgan fingerprint density at radius 3 is 2.86 bits per heavy atom. The van der Waals surface area contributed by atoms with E-state index in [2.05, 4.69) is 25.2 Å². The summed E-state index contributed by atoms with van der Waals surface area (Å²) in [5.41, 5.74) is 1.44. The maximum Gasteiger partial charge on any atom is 0.151 e. The molecule has 0 aliphatic heterocycles. The minimum absolute atomic E-state index is 0.0458. The molecule has 0 spiro atoms. The van der Waals surface area contributed by atoms with Gasteiger partial charge in [-0.2, -0.15) is 0 Å². The number of aliphatic hydroxyl groups excluding tert-OH is 3. The molecule has 0 aromatic rings. The second-order valence-corrected chi connectivity index (χ2v) is 6.78. The van der Waals surface area contributed by atoms with Gasteiger partial charge in [-0.1, -0.05) is 25.2 Å². The Hall–Kier alpha value is -0.970. The van der Waals surface area contributed by atoms with Crippen LogP contribution in [0.2, 0.25) is 0 Å². The zero-order chi connectivity index (χ0) is 16.1. The highest BCUT2D eigenvalue weighted by atomic mass is 16.3. The number of allylic oxidation sites excluding steroid dienone is 4. The Balaban J connectivity index is 1.87. The highest BCUT2D eigenvalue weighted by molar-refractivity contribution is 5.56. The highest BCUT2D eigenvalue weighted by Gasteiger charge is 2.32. The van der Waals surface area contributed by atoms with E-state index in [0.717, 1.165) is 12.8 Å². The third-order valence-corrected chi connectivity index (χ3v) is 5.19. The molecule has 2 aliphatic rings. The van der Waals surface area contributed by atoms with Crippen LogP contribution in [-0.4, -0.2) is 39.9 Å². The summed E-state index contributed by atoms with van der Waals surface area (Å²) in [6.45, 7) is 2.23. The fourth-order valence-electron chi connectivity index (χ4n) is 3.83. The molecule has 0 saturated heterocycles. The van der Waals surface area contributed by atoms with E-state index < -0.39 is 18.3 Å². The molecule has 4 nitrogen and oxygen atoms in total. The van der Waals surface area contributed by atoms with E-state index in [9.17, 15) is 20.1 Å². The third kappa shape index (κ3) is 4.28. The van der Waals surface area contributed by atoms with Crippen molar-refractivity contribution in [2.45, 2.75) is 63.8 Å². The second kappa shape index (κ2) is 8.04. The first-order valence-corrected chi connectivity index (χ1v) is 8.40. The van der Waals surface area contributed by atoms with E-state index in [4.69, 9.17) is 0 Å². The molecule has 0 aromatic heterocycles. The number of carbonyl (C=O) groups is 1. The molecular formula is C18H28O4. The van der Waals surface area contributed by atoms with Crippen LogP contribution in [-0.2, 0) is 4.79 Å². The summed E-state index contributed by atoms with van der Waals surface area (Å²) in [4.78, 5) is 10.4. The lowest BCUT2D eigenvalue weighted by Crippen LogP contribution is -2.32. The van der Waals surface area contributed by atoms with Gasteiger partial charge in [0.05, 0.1) is 12.2 Å². The second-order valence-electron chi connectivity index (χ2n) is 6.78. The molecule has 22 heavy (non-hydrogen) atoms. The maximum atomic E-state index is 10.4. The highest BCUT2D eigenvalue weighted by Crippen LogP contribution is 2.42. The Kier molecular flexibility index (Phi) is 6.36. The predicted octanol–water partition coefficient (Wildman–Crippen LogP) is 1.99. The molecule has 4 heteroatoms. The average Bonchev–Trinajstić information content (AvgIpc) is 2.53. The summed E-state index contributed by atoms with van der Waals surface area (Å²) in [6.07, 6.45) is 9.05. The standard InChI is InChI=1S/C18H28O4/c1-12-6-7-13-4-2-3-5-16(13)15(12)9-8-14(20)10-17(21)18(22)11-19/h4,6-7,11-12,14-18,20-22H,2-3,5,8-10H2,1H3/t12-,14+,15-,16-,17+,18?/m0/s1. The molecule has 0 aromatic carbocycles. The van der Waals surface area contributed by atoms with Crippen molar-refractivity contribution < 1.29 is 20.1 Å². The van der Waals surface area contributed by atoms with Crippen LogP contribution >= 0.6 is 0 Å². The van der Waals surface area contributed by atoms with Crippen LogP contribution in [0.1, 0.15) is 45.4 Å². The first kappa shape index (κ1) is 17.4. The van der Waals surface area contributed by atoms with Crippen LogP contribution in [0.5, 0.6) is 0 Å². The lowest BCUT2D eigenvalue weighted by atomic mass is 9.68. The lowest BCUT2D eigenvalue weighted by Gasteiger charge is -2.37. The largest absolute Gasteiger partial charge is 0.393 e. The average molecular weight is 308 g/mol. The molecule has 0 saturated carbocycles. The van der Waals surface area contributed by atoms with Crippen molar-refractivity contribution in [2.75, 3.05) is 0 Å². The van der Waals surface area contributed by atoms with Gasteiger partial charge >= 0.3 is 0 Å². The maximum absolute atomic E-state index is 10.4. The van der Waals surface area contributed by atoms with Crippen LogP contribution in [0.3, 0.4) is 0 Å². The van der Waals surface area contributed by atoms with Crippen molar-refractivity contribution in [3.8, 4) is 0 Å². The number of carbonyl (C=O) groups excluding carboxylic acids is 1. The van der Waals surface area contributed by atoms with Gasteiger partial charge < -0.3 is 20.1 Å². The van der Waals surface area contributed by atoms with Crippen molar-refractivity contribution in [2.24, 2.45) is 17.8 Å². The van der Waals surface area contributed by atoms with E-state index in [1.165, 1.54) is 18.4 Å². The van der Waals surface area contributed by atoms with Gasteiger partial charge in [0.15, 0.2) is 6.29 Å². The van der Waals surface area contributed by atoms with Crippen molar-refractivity contribution in [1.29, 1.82) is 0 Å². The lowest BCUT2D eigenvalue weighted by molar-refractivity contribution is -0.121. The fourth-order valence-corrected chi connectivity index (χ4v) is 3.83. The zero-order valence-corrected chi connectivity index (χ0v) is 13.3. The number of aldehydes is 1.